The van der Waals surface area contributed by atoms with E-state index in [1.165, 1.54) is 0 Å². The molecule has 0 saturated heterocycles. The summed E-state index contributed by atoms with van der Waals surface area (Å²) in [6.45, 7) is 0. The molecular weight excluding hydrogens is 145 g/mol. The van der Waals surface area contributed by atoms with E-state index < -0.39 is 5.56 Å². The molecule has 2 aromatic rings. The van der Waals surface area contributed by atoms with Crippen molar-refractivity contribution in [1.82, 2.24) is 25.4 Å². The lowest BCUT2D eigenvalue weighted by Crippen LogP contribution is -2.30. The third-order valence-electron chi connectivity index (χ3n) is 1.22. The van der Waals surface area contributed by atoms with Crippen LogP contribution < -0.4 is 11.2 Å². The summed E-state index contributed by atoms with van der Waals surface area (Å²) in [4.78, 5) is 16.9. The second-order valence-corrected chi connectivity index (χ2v) is 1.95. The minimum Gasteiger partial charge on any atom is -0.302 e. The van der Waals surface area contributed by atoms with Crippen LogP contribution in [0.1, 0.15) is 0 Å². The first-order chi connectivity index (χ1) is 5.27. The molecule has 0 amide bonds. The van der Waals surface area contributed by atoms with Crippen LogP contribution in [0.5, 0.6) is 0 Å². The van der Waals surface area contributed by atoms with Crippen molar-refractivity contribution in [2.24, 2.45) is 0 Å². The van der Waals surface area contributed by atoms with Gasteiger partial charge in [-0.2, -0.15) is 5.21 Å². The molecule has 0 aromatic carbocycles. The highest BCUT2D eigenvalue weighted by molar-refractivity contribution is 6.30. The summed E-state index contributed by atoms with van der Waals surface area (Å²) in [7, 11) is 5.21. The topological polar surface area (TPSA) is 87.3 Å². The maximum Gasteiger partial charge on any atom is 0.260 e. The van der Waals surface area contributed by atoms with Crippen molar-refractivity contribution < 1.29 is 0 Å². The number of fused-ring (bicyclic) bond motifs is 1. The molecule has 11 heavy (non-hydrogen) atoms. The number of nitrogens with zero attached hydrogens (tertiary/aromatic N) is 3. The van der Waals surface area contributed by atoms with E-state index in [9.17, 15) is 4.79 Å². The molecule has 6 nitrogen and oxygen atoms in total. The van der Waals surface area contributed by atoms with Crippen LogP contribution in [0, 0.1) is 0 Å². The zero-order valence-corrected chi connectivity index (χ0v) is 5.33. The van der Waals surface area contributed by atoms with Crippen LogP contribution in [-0.2, 0) is 0 Å². The van der Waals surface area contributed by atoms with Crippen LogP contribution in [0.3, 0.4) is 0 Å². The van der Waals surface area contributed by atoms with Crippen LogP contribution in [-0.4, -0.2) is 33.2 Å². The summed E-state index contributed by atoms with van der Waals surface area (Å²) in [5.41, 5.74) is 0.0594. The first-order valence-corrected chi connectivity index (χ1v) is 2.83. The zero-order valence-electron chi connectivity index (χ0n) is 5.33. The lowest BCUT2D eigenvalue weighted by molar-refractivity contribution is 0.951. The van der Waals surface area contributed by atoms with Gasteiger partial charge in [-0.3, -0.25) is 4.79 Å². The maximum atomic E-state index is 10.8. The summed E-state index contributed by atoms with van der Waals surface area (Å²) in [5.74, 6) is 0. The molecule has 0 spiro atoms. The van der Waals surface area contributed by atoms with Crippen molar-refractivity contribution in [3.05, 3.63) is 10.4 Å². The Kier molecular flexibility index (Phi) is 1.06. The van der Waals surface area contributed by atoms with Crippen molar-refractivity contribution in [3.63, 3.8) is 0 Å². The average molecular weight is 147 g/mol. The number of aromatic nitrogens is 5. The normalized spacial score (nSPS) is 10.5. The number of nitrogens with one attached hydrogen (secondary N) is 2. The largest absolute Gasteiger partial charge is 0.302 e. The van der Waals surface area contributed by atoms with Gasteiger partial charge in [-0.15, -0.1) is 10.2 Å². The summed E-state index contributed by atoms with van der Waals surface area (Å²) in [5, 5.41) is 9.54. The first-order valence-electron chi connectivity index (χ1n) is 2.83. The molecule has 2 radical (unpaired) electrons. The SMILES string of the molecule is [B]c1nc2n[nH]nc2[nH]c1=O. The lowest BCUT2D eigenvalue weighted by Gasteiger charge is -1.87. The van der Waals surface area contributed by atoms with Gasteiger partial charge >= 0.3 is 0 Å². The molecule has 2 N–H and O–H groups in total. The molecule has 0 fully saturated rings. The van der Waals surface area contributed by atoms with Crippen molar-refractivity contribution >= 4 is 24.7 Å². The Bertz CT molecular complexity index is 445. The van der Waals surface area contributed by atoms with Gasteiger partial charge in [-0.05, 0) is 0 Å². The van der Waals surface area contributed by atoms with Gasteiger partial charge in [0.25, 0.3) is 5.56 Å². The Hall–Kier alpha value is -1.66. The van der Waals surface area contributed by atoms with Crippen LogP contribution >= 0.6 is 0 Å². The molecule has 0 unspecified atom stereocenters. The molecule has 0 atom stereocenters. The van der Waals surface area contributed by atoms with Gasteiger partial charge in [-0.1, -0.05) is 0 Å². The van der Waals surface area contributed by atoms with Gasteiger partial charge in [-0.25, -0.2) is 4.98 Å². The van der Waals surface area contributed by atoms with Crippen molar-refractivity contribution in [1.29, 1.82) is 0 Å². The first kappa shape index (κ1) is 6.08. The van der Waals surface area contributed by atoms with E-state index in [2.05, 4.69) is 25.4 Å². The predicted molar refractivity (Wildman–Crippen MR) is 37.7 cm³/mol. The minimum absolute atomic E-state index is 0.105. The molecule has 2 heterocycles. The Morgan fingerprint density at radius 1 is 1.36 bits per heavy atom. The van der Waals surface area contributed by atoms with Gasteiger partial charge < -0.3 is 4.98 Å². The monoisotopic (exact) mass is 147 g/mol. The van der Waals surface area contributed by atoms with E-state index >= 15 is 0 Å². The Balaban J connectivity index is 2.97. The van der Waals surface area contributed by atoms with Crippen LogP contribution in [0.4, 0.5) is 0 Å². The Morgan fingerprint density at radius 2 is 2.18 bits per heavy atom. The average Bonchev–Trinajstić information content (AvgIpc) is 2.36. The number of H-pyrrole nitrogens is 2. The molecule has 0 aliphatic rings. The standard InChI is InChI=1S/C4H2BN5O/c5-1-4(11)7-3-2(6-1)8-10-9-3/h(H2,6,7,8,9,10,11). The van der Waals surface area contributed by atoms with Crippen molar-refractivity contribution in [2.75, 3.05) is 0 Å². The molecular formula is C4H2BN5O. The fraction of sp³-hybridized carbons (Fsp3) is 0. The fourth-order valence-corrected chi connectivity index (χ4v) is 0.724. The summed E-state index contributed by atoms with van der Waals surface area (Å²) in [6, 6.07) is 0. The molecule has 2 aromatic heterocycles. The van der Waals surface area contributed by atoms with Gasteiger partial charge in [0, 0.05) is 0 Å². The molecule has 7 heteroatoms. The van der Waals surface area contributed by atoms with E-state index in [0.29, 0.717) is 11.3 Å². The quantitative estimate of drug-likeness (QED) is 0.415. The second kappa shape index (κ2) is 1.91. The number of hydrogen-bond donors (Lipinski definition) is 2. The zero-order chi connectivity index (χ0) is 7.84. The minimum atomic E-state index is -0.452. The lowest BCUT2D eigenvalue weighted by atomic mass is 10.1. The highest BCUT2D eigenvalue weighted by Gasteiger charge is 2.01. The molecule has 52 valence electrons. The summed E-state index contributed by atoms with van der Waals surface area (Å²) < 4.78 is 0. The molecule has 0 aliphatic heterocycles. The molecule has 0 saturated carbocycles. The number of hydrogen-bond acceptors (Lipinski definition) is 4. The van der Waals surface area contributed by atoms with Gasteiger partial charge in [0.2, 0.25) is 11.3 Å². The summed E-state index contributed by atoms with van der Waals surface area (Å²) >= 11 is 0. The van der Waals surface area contributed by atoms with Crippen LogP contribution in [0.15, 0.2) is 4.79 Å². The van der Waals surface area contributed by atoms with Gasteiger partial charge in [0.05, 0.1) is 5.59 Å². The highest BCUT2D eigenvalue weighted by atomic mass is 16.1. The predicted octanol–water partition coefficient (Wildman–Crippen LogP) is -2.17. The second-order valence-electron chi connectivity index (χ2n) is 1.95. The Labute approximate surface area is 61.5 Å². The Morgan fingerprint density at radius 3 is 3.00 bits per heavy atom. The molecule has 0 aliphatic carbocycles. The van der Waals surface area contributed by atoms with Gasteiger partial charge in [0.15, 0.2) is 0 Å². The fourth-order valence-electron chi connectivity index (χ4n) is 0.724. The maximum absolute atomic E-state index is 10.8. The van der Waals surface area contributed by atoms with Crippen molar-refractivity contribution in [2.45, 2.75) is 0 Å². The van der Waals surface area contributed by atoms with E-state index in [1.807, 2.05) is 0 Å². The molecule has 0 bridgehead atoms. The number of aromatic amines is 2. The van der Waals surface area contributed by atoms with E-state index in [4.69, 9.17) is 7.85 Å². The number of rotatable bonds is 0. The van der Waals surface area contributed by atoms with Crippen LogP contribution in [0.2, 0.25) is 0 Å². The van der Waals surface area contributed by atoms with Gasteiger partial charge in [0.1, 0.15) is 7.85 Å². The summed E-state index contributed by atoms with van der Waals surface area (Å²) in [6.07, 6.45) is 0. The third-order valence-corrected chi connectivity index (χ3v) is 1.22. The third kappa shape index (κ3) is 0.812. The van der Waals surface area contributed by atoms with Crippen LogP contribution in [0.25, 0.3) is 11.3 Å². The van der Waals surface area contributed by atoms with E-state index in [1.54, 1.807) is 0 Å². The smallest absolute Gasteiger partial charge is 0.260 e. The molecule has 2 rings (SSSR count). The van der Waals surface area contributed by atoms with E-state index in [0.717, 1.165) is 0 Å². The van der Waals surface area contributed by atoms with E-state index in [-0.39, 0.29) is 5.59 Å². The van der Waals surface area contributed by atoms with Crippen molar-refractivity contribution in [3.8, 4) is 0 Å². The highest BCUT2D eigenvalue weighted by Crippen LogP contribution is 1.91.